The molecule has 1 atom stereocenters. The second kappa shape index (κ2) is 6.79. The highest BCUT2D eigenvalue weighted by Crippen LogP contribution is 2.22. The van der Waals surface area contributed by atoms with Crippen LogP contribution in [0.1, 0.15) is 25.2 Å². The lowest BCUT2D eigenvalue weighted by Gasteiger charge is -2.06. The topological polar surface area (TPSA) is 74.2 Å². The summed E-state index contributed by atoms with van der Waals surface area (Å²) >= 11 is 3.40. The highest BCUT2D eigenvalue weighted by atomic mass is 79.9. The number of hydrogen-bond donors (Lipinski definition) is 1. The van der Waals surface area contributed by atoms with Crippen LogP contribution in [0.3, 0.4) is 0 Å². The Morgan fingerprint density at radius 3 is 3.05 bits per heavy atom. The van der Waals surface area contributed by atoms with Gasteiger partial charge in [-0.05, 0) is 24.6 Å². The van der Waals surface area contributed by atoms with E-state index < -0.39 is 0 Å². The molecule has 102 valence electrons. The summed E-state index contributed by atoms with van der Waals surface area (Å²) in [6, 6.07) is 7.30. The molecule has 0 aliphatic carbocycles. The first-order valence-corrected chi connectivity index (χ1v) is 6.93. The van der Waals surface area contributed by atoms with Crippen LogP contribution < -0.4 is 5.73 Å². The quantitative estimate of drug-likeness (QED) is 0.826. The molecule has 0 amide bonds. The SMILES string of the molecule is CCCOCC(N)c1noc(-c2cccc(Br)c2)n1. The Morgan fingerprint density at radius 2 is 2.32 bits per heavy atom. The summed E-state index contributed by atoms with van der Waals surface area (Å²) in [5.41, 5.74) is 6.79. The van der Waals surface area contributed by atoms with Gasteiger partial charge in [0.15, 0.2) is 5.82 Å². The van der Waals surface area contributed by atoms with Gasteiger partial charge in [-0.2, -0.15) is 4.98 Å². The Kier molecular flexibility index (Phi) is 5.07. The van der Waals surface area contributed by atoms with Crippen LogP contribution in [0.5, 0.6) is 0 Å². The minimum Gasteiger partial charge on any atom is -0.379 e. The Morgan fingerprint density at radius 1 is 1.47 bits per heavy atom. The Balaban J connectivity index is 2.06. The van der Waals surface area contributed by atoms with Crippen molar-refractivity contribution in [3.05, 3.63) is 34.6 Å². The summed E-state index contributed by atoms with van der Waals surface area (Å²) in [6.07, 6.45) is 0.961. The van der Waals surface area contributed by atoms with Crippen LogP contribution in [-0.2, 0) is 4.74 Å². The molecule has 1 unspecified atom stereocenters. The monoisotopic (exact) mass is 325 g/mol. The molecule has 2 rings (SSSR count). The molecule has 0 saturated heterocycles. The van der Waals surface area contributed by atoms with Crippen LogP contribution >= 0.6 is 15.9 Å². The zero-order chi connectivity index (χ0) is 13.7. The average molecular weight is 326 g/mol. The molecule has 0 spiro atoms. The zero-order valence-electron chi connectivity index (χ0n) is 10.7. The third kappa shape index (κ3) is 3.86. The van der Waals surface area contributed by atoms with Crippen molar-refractivity contribution in [1.82, 2.24) is 10.1 Å². The molecule has 0 bridgehead atoms. The van der Waals surface area contributed by atoms with Crippen LogP contribution in [-0.4, -0.2) is 23.4 Å². The minimum atomic E-state index is -0.365. The van der Waals surface area contributed by atoms with Gasteiger partial charge < -0.3 is 15.0 Å². The molecule has 2 aromatic rings. The zero-order valence-corrected chi connectivity index (χ0v) is 12.3. The summed E-state index contributed by atoms with van der Waals surface area (Å²) in [6.45, 7) is 3.13. The van der Waals surface area contributed by atoms with Crippen LogP contribution in [0.25, 0.3) is 11.5 Å². The van der Waals surface area contributed by atoms with Gasteiger partial charge in [0.25, 0.3) is 5.89 Å². The molecule has 1 heterocycles. The number of benzene rings is 1. The van der Waals surface area contributed by atoms with Crippen LogP contribution in [0.15, 0.2) is 33.3 Å². The second-order valence-corrected chi connectivity index (χ2v) is 5.07. The summed E-state index contributed by atoms with van der Waals surface area (Å²) < 4.78 is 11.6. The summed E-state index contributed by atoms with van der Waals surface area (Å²) in [4.78, 5) is 4.30. The van der Waals surface area contributed by atoms with Crippen LogP contribution in [0.4, 0.5) is 0 Å². The van der Waals surface area contributed by atoms with Gasteiger partial charge in [0.1, 0.15) is 0 Å². The summed E-state index contributed by atoms with van der Waals surface area (Å²) in [5, 5.41) is 3.89. The minimum absolute atomic E-state index is 0.365. The molecule has 1 aromatic carbocycles. The van der Waals surface area contributed by atoms with Gasteiger partial charge in [-0.3, -0.25) is 0 Å². The molecule has 2 N–H and O–H groups in total. The molecular weight excluding hydrogens is 310 g/mol. The molecule has 0 saturated carbocycles. The molecule has 1 aromatic heterocycles. The number of nitrogens with two attached hydrogens (primary N) is 1. The van der Waals surface area contributed by atoms with Gasteiger partial charge in [-0.15, -0.1) is 0 Å². The van der Waals surface area contributed by atoms with Crippen LogP contribution in [0, 0.1) is 0 Å². The van der Waals surface area contributed by atoms with Crippen molar-refractivity contribution in [2.75, 3.05) is 13.2 Å². The first kappa shape index (κ1) is 14.2. The first-order valence-electron chi connectivity index (χ1n) is 6.13. The van der Waals surface area contributed by atoms with Crippen molar-refractivity contribution in [1.29, 1.82) is 0 Å². The average Bonchev–Trinajstić information content (AvgIpc) is 2.88. The van der Waals surface area contributed by atoms with E-state index in [1.807, 2.05) is 31.2 Å². The van der Waals surface area contributed by atoms with Crippen molar-refractivity contribution in [3.8, 4) is 11.5 Å². The molecular formula is C13H16BrN3O2. The molecule has 0 aliphatic rings. The fraction of sp³-hybridized carbons (Fsp3) is 0.385. The number of nitrogens with zero attached hydrogens (tertiary/aromatic N) is 2. The van der Waals surface area contributed by atoms with Gasteiger partial charge in [-0.1, -0.05) is 34.1 Å². The van der Waals surface area contributed by atoms with E-state index in [1.54, 1.807) is 0 Å². The molecule has 0 fully saturated rings. The largest absolute Gasteiger partial charge is 0.379 e. The van der Waals surface area contributed by atoms with Gasteiger partial charge in [0.05, 0.1) is 12.6 Å². The number of rotatable bonds is 6. The molecule has 0 aliphatic heterocycles. The highest BCUT2D eigenvalue weighted by Gasteiger charge is 2.15. The second-order valence-electron chi connectivity index (χ2n) is 4.15. The highest BCUT2D eigenvalue weighted by molar-refractivity contribution is 9.10. The molecule has 6 heteroatoms. The van der Waals surface area contributed by atoms with Crippen molar-refractivity contribution < 1.29 is 9.26 Å². The van der Waals surface area contributed by atoms with E-state index in [0.717, 1.165) is 16.5 Å². The summed E-state index contributed by atoms with van der Waals surface area (Å²) in [7, 11) is 0. The fourth-order valence-electron chi connectivity index (χ4n) is 1.55. The van der Waals surface area contributed by atoms with Crippen molar-refractivity contribution >= 4 is 15.9 Å². The fourth-order valence-corrected chi connectivity index (χ4v) is 1.95. The van der Waals surface area contributed by atoms with Gasteiger partial charge in [0.2, 0.25) is 0 Å². The van der Waals surface area contributed by atoms with E-state index in [2.05, 4.69) is 26.1 Å². The van der Waals surface area contributed by atoms with Crippen LogP contribution in [0.2, 0.25) is 0 Å². The lowest BCUT2D eigenvalue weighted by atomic mass is 10.2. The van der Waals surface area contributed by atoms with E-state index in [-0.39, 0.29) is 6.04 Å². The number of hydrogen-bond acceptors (Lipinski definition) is 5. The summed E-state index contributed by atoms with van der Waals surface area (Å²) in [5.74, 6) is 0.924. The molecule has 19 heavy (non-hydrogen) atoms. The number of ether oxygens (including phenoxy) is 1. The normalized spacial score (nSPS) is 12.6. The van der Waals surface area contributed by atoms with Crippen molar-refractivity contribution in [2.45, 2.75) is 19.4 Å². The Labute approximate surface area is 120 Å². The molecule has 0 radical (unpaired) electrons. The Bertz CT molecular complexity index is 530. The van der Waals surface area contributed by atoms with E-state index in [0.29, 0.717) is 24.9 Å². The number of halogens is 1. The van der Waals surface area contributed by atoms with Gasteiger partial charge >= 0.3 is 0 Å². The van der Waals surface area contributed by atoms with E-state index in [9.17, 15) is 0 Å². The lowest BCUT2D eigenvalue weighted by molar-refractivity contribution is 0.119. The maximum Gasteiger partial charge on any atom is 0.258 e. The maximum atomic E-state index is 5.94. The molecule has 5 nitrogen and oxygen atoms in total. The third-order valence-corrected chi connectivity index (χ3v) is 2.98. The van der Waals surface area contributed by atoms with Crippen molar-refractivity contribution in [3.63, 3.8) is 0 Å². The van der Waals surface area contributed by atoms with E-state index in [4.69, 9.17) is 15.0 Å². The maximum absolute atomic E-state index is 5.94. The first-order chi connectivity index (χ1) is 9.20. The lowest BCUT2D eigenvalue weighted by Crippen LogP contribution is -2.18. The standard InChI is InChI=1S/C13H16BrN3O2/c1-2-6-18-8-11(15)12-16-13(19-17-12)9-4-3-5-10(14)7-9/h3-5,7,11H,2,6,8,15H2,1H3. The van der Waals surface area contributed by atoms with E-state index in [1.165, 1.54) is 0 Å². The Hall–Kier alpha value is -1.24. The van der Waals surface area contributed by atoms with Gasteiger partial charge in [0, 0.05) is 16.6 Å². The predicted octanol–water partition coefficient (Wildman–Crippen LogP) is 2.93. The van der Waals surface area contributed by atoms with E-state index >= 15 is 0 Å². The smallest absolute Gasteiger partial charge is 0.258 e. The predicted molar refractivity (Wildman–Crippen MR) is 75.5 cm³/mol. The van der Waals surface area contributed by atoms with Gasteiger partial charge in [-0.25, -0.2) is 0 Å². The number of aromatic nitrogens is 2. The van der Waals surface area contributed by atoms with Crippen molar-refractivity contribution in [2.24, 2.45) is 5.73 Å². The third-order valence-electron chi connectivity index (χ3n) is 2.49.